The van der Waals surface area contributed by atoms with Crippen LogP contribution in [0.3, 0.4) is 0 Å². The molecular formula is C30H38FN2O4P. The lowest BCUT2D eigenvalue weighted by molar-refractivity contribution is 0.0747. The Morgan fingerprint density at radius 2 is 1.53 bits per heavy atom. The lowest BCUT2D eigenvalue weighted by Crippen LogP contribution is -2.48. The third kappa shape index (κ3) is 7.15. The van der Waals surface area contributed by atoms with Crippen LogP contribution in [0, 0.1) is 0 Å². The first-order chi connectivity index (χ1) is 18.4. The highest BCUT2D eigenvalue weighted by molar-refractivity contribution is 7.61. The molecule has 0 aromatic heterocycles. The smallest absolute Gasteiger partial charge is 0.397 e. The van der Waals surface area contributed by atoms with Crippen molar-refractivity contribution in [3.8, 4) is 5.75 Å². The van der Waals surface area contributed by atoms with Gasteiger partial charge in [0.1, 0.15) is 5.75 Å². The molecule has 1 unspecified atom stereocenters. The number of hydrogen-bond donors (Lipinski definition) is 0. The van der Waals surface area contributed by atoms with Crippen LogP contribution in [-0.4, -0.2) is 50.7 Å². The number of halogens is 1. The molecule has 38 heavy (non-hydrogen) atoms. The molecule has 0 N–H and O–H groups in total. The van der Waals surface area contributed by atoms with Crippen molar-refractivity contribution in [3.05, 3.63) is 66.2 Å². The molecule has 3 aromatic carbocycles. The van der Waals surface area contributed by atoms with Crippen LogP contribution in [0.4, 0.5) is 9.88 Å². The quantitative estimate of drug-likeness (QED) is 0.183. The molecule has 3 aromatic rings. The van der Waals surface area contributed by atoms with Crippen molar-refractivity contribution in [2.75, 3.05) is 44.8 Å². The molecule has 6 nitrogen and oxygen atoms in total. The van der Waals surface area contributed by atoms with Crippen LogP contribution in [-0.2, 0) is 9.09 Å². The van der Waals surface area contributed by atoms with Gasteiger partial charge in [0.25, 0.3) is 5.91 Å². The molecular weight excluding hydrogens is 502 g/mol. The van der Waals surface area contributed by atoms with Gasteiger partial charge in [-0.15, -0.1) is 0 Å². The fourth-order valence-electron chi connectivity index (χ4n) is 4.81. The number of nitrogens with zero attached hydrogens (tertiary/aromatic N) is 2. The van der Waals surface area contributed by atoms with Crippen molar-refractivity contribution in [1.82, 2.24) is 4.90 Å². The number of amides is 1. The Hall–Kier alpha value is -2.89. The predicted molar refractivity (Wildman–Crippen MR) is 153 cm³/mol. The molecule has 1 fully saturated rings. The van der Waals surface area contributed by atoms with E-state index in [1.54, 1.807) is 31.4 Å². The first-order valence-electron chi connectivity index (χ1n) is 13.6. The van der Waals surface area contributed by atoms with E-state index in [4.69, 9.17) is 9.26 Å². The van der Waals surface area contributed by atoms with Crippen LogP contribution in [0.15, 0.2) is 60.7 Å². The normalized spacial score (nSPS) is 15.4. The number of methoxy groups -OCH3 is 1. The zero-order valence-corrected chi connectivity index (χ0v) is 23.3. The maximum absolute atomic E-state index is 14.9. The number of rotatable bonds is 12. The van der Waals surface area contributed by atoms with E-state index in [0.29, 0.717) is 25.1 Å². The summed E-state index contributed by atoms with van der Waals surface area (Å²) in [5, 5.41) is 1.58. The fraction of sp³-hybridized carbons (Fsp3) is 0.433. The molecule has 1 aliphatic heterocycles. The van der Waals surface area contributed by atoms with Crippen molar-refractivity contribution in [3.63, 3.8) is 0 Å². The van der Waals surface area contributed by atoms with E-state index in [1.165, 1.54) is 25.3 Å². The summed E-state index contributed by atoms with van der Waals surface area (Å²) in [5.74, 6) is 0.796. The maximum Gasteiger partial charge on any atom is 0.397 e. The van der Waals surface area contributed by atoms with Gasteiger partial charge < -0.3 is 19.1 Å². The Kier molecular flexibility index (Phi) is 9.81. The molecule has 0 radical (unpaired) electrons. The van der Waals surface area contributed by atoms with E-state index >= 15 is 0 Å². The van der Waals surface area contributed by atoms with E-state index < -0.39 is 7.68 Å². The molecule has 0 saturated carbocycles. The van der Waals surface area contributed by atoms with Crippen LogP contribution >= 0.6 is 7.68 Å². The number of unbranched alkanes of at least 4 members (excludes halogenated alkanes) is 5. The van der Waals surface area contributed by atoms with Crippen molar-refractivity contribution in [2.45, 2.75) is 45.4 Å². The highest BCUT2D eigenvalue weighted by Crippen LogP contribution is 2.48. The molecule has 1 amide bonds. The summed E-state index contributed by atoms with van der Waals surface area (Å²) in [4.78, 5) is 17.3. The zero-order valence-electron chi connectivity index (χ0n) is 22.4. The summed E-state index contributed by atoms with van der Waals surface area (Å²) >= 11 is 0. The minimum absolute atomic E-state index is 0.0243. The summed E-state index contributed by atoms with van der Waals surface area (Å²) in [7, 11) is -2.74. The summed E-state index contributed by atoms with van der Waals surface area (Å²) in [5.41, 5.74) is 1.70. The molecule has 4 rings (SSSR count). The second-order valence-electron chi connectivity index (χ2n) is 9.80. The number of ether oxygens (including phenoxy) is 1. The van der Waals surface area contributed by atoms with E-state index in [1.807, 2.05) is 35.2 Å². The van der Waals surface area contributed by atoms with Gasteiger partial charge in [-0.05, 0) is 65.7 Å². The lowest BCUT2D eigenvalue weighted by atomic mass is 10.1. The van der Waals surface area contributed by atoms with Gasteiger partial charge >= 0.3 is 7.68 Å². The Bertz CT molecular complexity index is 1260. The number of fused-ring (bicyclic) bond motifs is 1. The standard InChI is InChI=1S/C30H38FN2O4P/c1-3-4-5-6-7-8-21-37-38(31,35)29-16-11-24-22-26(10-9-25(24)23-29)30(34)33-19-17-32(18-20-33)27-12-14-28(36-2)15-13-27/h9-16,22-23H,3-8,17-21H2,1-2H3. The molecule has 0 bridgehead atoms. The van der Waals surface area contributed by atoms with Gasteiger partial charge in [-0.1, -0.05) is 51.2 Å². The van der Waals surface area contributed by atoms with Crippen LogP contribution in [0.25, 0.3) is 10.8 Å². The molecule has 1 atom stereocenters. The van der Waals surface area contributed by atoms with Gasteiger partial charge in [-0.2, -0.15) is 4.20 Å². The SMILES string of the molecule is CCCCCCCCOP(=O)(F)c1ccc2cc(C(=O)N3CCN(c4ccc(OC)cc4)CC3)ccc2c1. The minimum atomic E-state index is -4.39. The third-order valence-electron chi connectivity index (χ3n) is 7.14. The Balaban J connectivity index is 1.33. The van der Waals surface area contributed by atoms with E-state index in [9.17, 15) is 13.6 Å². The van der Waals surface area contributed by atoms with E-state index in [2.05, 4.69) is 11.8 Å². The van der Waals surface area contributed by atoms with E-state index in [-0.39, 0.29) is 17.8 Å². The lowest BCUT2D eigenvalue weighted by Gasteiger charge is -2.36. The first kappa shape index (κ1) is 28.1. The van der Waals surface area contributed by atoms with Crippen LogP contribution in [0.2, 0.25) is 0 Å². The highest BCUT2D eigenvalue weighted by atomic mass is 31.2. The molecule has 1 saturated heterocycles. The van der Waals surface area contributed by atoms with Crippen LogP contribution in [0.5, 0.6) is 5.75 Å². The molecule has 8 heteroatoms. The molecule has 1 heterocycles. The number of hydrogen-bond acceptors (Lipinski definition) is 5. The number of carbonyl (C=O) groups excluding carboxylic acids is 1. The molecule has 0 spiro atoms. The predicted octanol–water partition coefficient (Wildman–Crippen LogP) is 6.98. The average Bonchev–Trinajstić information content (AvgIpc) is 2.96. The molecule has 204 valence electrons. The largest absolute Gasteiger partial charge is 0.497 e. The second-order valence-corrected chi connectivity index (χ2v) is 11.5. The van der Waals surface area contributed by atoms with Crippen molar-refractivity contribution >= 4 is 35.4 Å². The number of piperazine rings is 1. The van der Waals surface area contributed by atoms with Gasteiger partial charge in [0, 0.05) is 37.4 Å². The summed E-state index contributed by atoms with van der Waals surface area (Å²) in [6, 6.07) is 18.1. The highest BCUT2D eigenvalue weighted by Gasteiger charge is 2.26. The maximum atomic E-state index is 14.9. The van der Waals surface area contributed by atoms with Crippen LogP contribution < -0.4 is 14.9 Å². The monoisotopic (exact) mass is 540 g/mol. The van der Waals surface area contributed by atoms with Gasteiger partial charge in [0.2, 0.25) is 0 Å². The van der Waals surface area contributed by atoms with Gasteiger partial charge in [-0.3, -0.25) is 4.79 Å². The van der Waals surface area contributed by atoms with Gasteiger partial charge in [-0.25, -0.2) is 4.57 Å². The Morgan fingerprint density at radius 3 is 2.24 bits per heavy atom. The fourth-order valence-corrected chi connectivity index (χ4v) is 5.87. The van der Waals surface area contributed by atoms with Crippen LogP contribution in [0.1, 0.15) is 55.8 Å². The van der Waals surface area contributed by atoms with E-state index in [0.717, 1.165) is 48.1 Å². The molecule has 1 aliphatic rings. The summed E-state index contributed by atoms with van der Waals surface area (Å²) < 4.78 is 37.9. The topological polar surface area (TPSA) is 59.1 Å². The summed E-state index contributed by atoms with van der Waals surface area (Å²) in [6.07, 6.45) is 6.28. The average molecular weight is 541 g/mol. The minimum Gasteiger partial charge on any atom is -0.497 e. The first-order valence-corrected chi connectivity index (χ1v) is 15.1. The second kappa shape index (κ2) is 13.3. The van der Waals surface area contributed by atoms with Crippen molar-refractivity contribution in [2.24, 2.45) is 0 Å². The van der Waals surface area contributed by atoms with Crippen molar-refractivity contribution in [1.29, 1.82) is 0 Å². The van der Waals surface area contributed by atoms with Gasteiger partial charge in [0.15, 0.2) is 0 Å². The van der Waals surface area contributed by atoms with Crippen molar-refractivity contribution < 1.29 is 22.8 Å². The third-order valence-corrected chi connectivity index (χ3v) is 8.55. The summed E-state index contributed by atoms with van der Waals surface area (Å²) in [6.45, 7) is 5.07. The number of benzene rings is 3. The van der Waals surface area contributed by atoms with Gasteiger partial charge in [0.05, 0.1) is 19.0 Å². The Morgan fingerprint density at radius 1 is 0.868 bits per heavy atom. The molecule has 0 aliphatic carbocycles. The Labute approximate surface area is 225 Å². The number of anilines is 1. The zero-order chi connectivity index (χ0) is 27.0. The number of carbonyl (C=O) groups is 1.